The van der Waals surface area contributed by atoms with Gasteiger partial charge in [-0.3, -0.25) is 10.2 Å². The standard InChI is InChI=1S/C10H16N6O/c11-9(17)7-2-1-5-16(6-7)8-3-4-13-10(14-8)15-12/h3-4,7H,1-2,5-6,12H2,(H2,11,17)(H,13,14,15). The Labute approximate surface area is 99.2 Å². The van der Waals surface area contributed by atoms with Gasteiger partial charge in [0.2, 0.25) is 11.9 Å². The highest BCUT2D eigenvalue weighted by atomic mass is 16.1. The van der Waals surface area contributed by atoms with Crippen molar-refractivity contribution in [3.63, 3.8) is 0 Å². The summed E-state index contributed by atoms with van der Waals surface area (Å²) in [6.07, 6.45) is 3.41. The molecule has 17 heavy (non-hydrogen) atoms. The maximum Gasteiger partial charge on any atom is 0.239 e. The minimum Gasteiger partial charge on any atom is -0.369 e. The third-order valence-electron chi connectivity index (χ3n) is 2.92. The van der Waals surface area contributed by atoms with E-state index in [4.69, 9.17) is 11.6 Å². The number of amides is 1. The van der Waals surface area contributed by atoms with E-state index in [0.29, 0.717) is 12.5 Å². The van der Waals surface area contributed by atoms with E-state index in [-0.39, 0.29) is 11.8 Å². The highest BCUT2D eigenvalue weighted by Crippen LogP contribution is 2.21. The van der Waals surface area contributed by atoms with Crippen molar-refractivity contribution in [1.29, 1.82) is 0 Å². The lowest BCUT2D eigenvalue weighted by atomic mass is 9.97. The third kappa shape index (κ3) is 2.62. The van der Waals surface area contributed by atoms with Crippen LogP contribution in [0.5, 0.6) is 0 Å². The van der Waals surface area contributed by atoms with E-state index in [1.807, 2.05) is 4.90 Å². The van der Waals surface area contributed by atoms with Gasteiger partial charge in [-0.25, -0.2) is 10.8 Å². The van der Waals surface area contributed by atoms with Crippen LogP contribution in [0.3, 0.4) is 0 Å². The number of anilines is 2. The quantitative estimate of drug-likeness (QED) is 0.480. The highest BCUT2D eigenvalue weighted by molar-refractivity contribution is 5.77. The van der Waals surface area contributed by atoms with Crippen molar-refractivity contribution in [3.05, 3.63) is 12.3 Å². The number of hydrazine groups is 1. The number of aromatic nitrogens is 2. The predicted molar refractivity (Wildman–Crippen MR) is 64.0 cm³/mol. The molecule has 1 aliphatic heterocycles. The molecule has 92 valence electrons. The SMILES string of the molecule is NNc1nccc(N2CCCC(C(N)=O)C2)n1. The first kappa shape index (κ1) is 11.6. The maximum atomic E-state index is 11.2. The van der Waals surface area contributed by atoms with Gasteiger partial charge in [-0.2, -0.15) is 4.98 Å². The number of primary amides is 1. The molecule has 1 atom stereocenters. The van der Waals surface area contributed by atoms with E-state index >= 15 is 0 Å². The van der Waals surface area contributed by atoms with Crippen LogP contribution in [0.4, 0.5) is 11.8 Å². The van der Waals surface area contributed by atoms with E-state index in [1.54, 1.807) is 12.3 Å². The molecular weight excluding hydrogens is 220 g/mol. The average Bonchev–Trinajstić information content (AvgIpc) is 2.39. The molecule has 1 aromatic rings. The summed E-state index contributed by atoms with van der Waals surface area (Å²) < 4.78 is 0. The monoisotopic (exact) mass is 236 g/mol. The van der Waals surface area contributed by atoms with Gasteiger partial charge < -0.3 is 10.6 Å². The summed E-state index contributed by atoms with van der Waals surface area (Å²) in [5.74, 6) is 6.03. The van der Waals surface area contributed by atoms with Gasteiger partial charge in [-0.15, -0.1) is 0 Å². The van der Waals surface area contributed by atoms with Crippen LogP contribution in [-0.4, -0.2) is 29.0 Å². The zero-order valence-electron chi connectivity index (χ0n) is 9.47. The van der Waals surface area contributed by atoms with Crippen LogP contribution < -0.4 is 21.9 Å². The van der Waals surface area contributed by atoms with Crippen molar-refractivity contribution in [1.82, 2.24) is 9.97 Å². The van der Waals surface area contributed by atoms with Gasteiger partial charge in [-0.1, -0.05) is 0 Å². The summed E-state index contributed by atoms with van der Waals surface area (Å²) in [7, 11) is 0. The molecule has 2 heterocycles. The first-order chi connectivity index (χ1) is 8.20. The van der Waals surface area contributed by atoms with Gasteiger partial charge in [0.1, 0.15) is 5.82 Å². The van der Waals surface area contributed by atoms with Crippen molar-refractivity contribution < 1.29 is 4.79 Å². The zero-order chi connectivity index (χ0) is 12.3. The number of carbonyl (C=O) groups excluding carboxylic acids is 1. The van der Waals surface area contributed by atoms with Gasteiger partial charge >= 0.3 is 0 Å². The first-order valence-electron chi connectivity index (χ1n) is 5.54. The molecule has 0 radical (unpaired) electrons. The molecule has 1 aliphatic rings. The summed E-state index contributed by atoms with van der Waals surface area (Å²) in [6.45, 7) is 1.47. The number of nitrogens with two attached hydrogens (primary N) is 2. The van der Waals surface area contributed by atoms with Crippen LogP contribution in [0.1, 0.15) is 12.8 Å². The van der Waals surface area contributed by atoms with E-state index in [2.05, 4.69) is 15.4 Å². The Balaban J connectivity index is 2.13. The predicted octanol–water partition coefficient (Wildman–Crippen LogP) is -0.536. The Morgan fingerprint density at radius 1 is 1.59 bits per heavy atom. The molecule has 5 N–H and O–H groups in total. The molecule has 1 unspecified atom stereocenters. The Kier molecular flexibility index (Phi) is 3.38. The van der Waals surface area contributed by atoms with Crippen LogP contribution in [0.15, 0.2) is 12.3 Å². The fourth-order valence-corrected chi connectivity index (χ4v) is 2.01. The van der Waals surface area contributed by atoms with Crippen molar-refractivity contribution in [2.45, 2.75) is 12.8 Å². The molecule has 1 aromatic heterocycles. The summed E-state index contributed by atoms with van der Waals surface area (Å²) in [5, 5.41) is 0. The fraction of sp³-hybridized carbons (Fsp3) is 0.500. The highest BCUT2D eigenvalue weighted by Gasteiger charge is 2.24. The number of carbonyl (C=O) groups is 1. The molecule has 0 saturated carbocycles. The van der Waals surface area contributed by atoms with Gasteiger partial charge in [-0.05, 0) is 18.9 Å². The van der Waals surface area contributed by atoms with Crippen molar-refractivity contribution >= 4 is 17.7 Å². The van der Waals surface area contributed by atoms with Gasteiger partial charge in [0.05, 0.1) is 5.92 Å². The molecule has 0 aliphatic carbocycles. The van der Waals surface area contributed by atoms with Crippen LogP contribution in [0, 0.1) is 5.92 Å². The minimum absolute atomic E-state index is 0.104. The van der Waals surface area contributed by atoms with Crippen molar-refractivity contribution in [2.75, 3.05) is 23.4 Å². The third-order valence-corrected chi connectivity index (χ3v) is 2.92. The minimum atomic E-state index is -0.249. The molecule has 1 amide bonds. The van der Waals surface area contributed by atoms with Crippen LogP contribution in [0.25, 0.3) is 0 Å². The lowest BCUT2D eigenvalue weighted by Gasteiger charge is -2.32. The van der Waals surface area contributed by atoms with Gasteiger partial charge in [0.15, 0.2) is 0 Å². The number of piperidine rings is 1. The number of nitrogen functional groups attached to an aromatic ring is 1. The first-order valence-corrected chi connectivity index (χ1v) is 5.54. The number of hydrogen-bond donors (Lipinski definition) is 3. The maximum absolute atomic E-state index is 11.2. The van der Waals surface area contributed by atoms with Gasteiger partial charge in [0, 0.05) is 19.3 Å². The number of nitrogens with zero attached hydrogens (tertiary/aromatic N) is 3. The summed E-state index contributed by atoms with van der Waals surface area (Å²) >= 11 is 0. The lowest BCUT2D eigenvalue weighted by Crippen LogP contribution is -2.41. The van der Waals surface area contributed by atoms with Gasteiger partial charge in [0.25, 0.3) is 0 Å². The second kappa shape index (κ2) is 4.96. The normalized spacial score (nSPS) is 20.1. The van der Waals surface area contributed by atoms with Crippen molar-refractivity contribution in [3.8, 4) is 0 Å². The molecule has 0 spiro atoms. The summed E-state index contributed by atoms with van der Waals surface area (Å²) in [5.41, 5.74) is 7.73. The largest absolute Gasteiger partial charge is 0.369 e. The second-order valence-corrected chi connectivity index (χ2v) is 4.07. The number of nitrogens with one attached hydrogen (secondary N) is 1. The molecular formula is C10H16N6O. The Bertz CT molecular complexity index is 410. The number of hydrogen-bond acceptors (Lipinski definition) is 6. The van der Waals surface area contributed by atoms with E-state index < -0.39 is 0 Å². The fourth-order valence-electron chi connectivity index (χ4n) is 2.01. The molecule has 1 fully saturated rings. The Hall–Kier alpha value is -1.89. The average molecular weight is 236 g/mol. The molecule has 0 aromatic carbocycles. The number of rotatable bonds is 3. The molecule has 2 rings (SSSR count). The molecule has 7 heteroatoms. The van der Waals surface area contributed by atoms with Crippen molar-refractivity contribution in [2.24, 2.45) is 17.5 Å². The lowest BCUT2D eigenvalue weighted by molar-refractivity contribution is -0.122. The smallest absolute Gasteiger partial charge is 0.239 e. The summed E-state index contributed by atoms with van der Waals surface area (Å²) in [4.78, 5) is 21.4. The molecule has 7 nitrogen and oxygen atoms in total. The van der Waals surface area contributed by atoms with E-state index in [0.717, 1.165) is 25.2 Å². The molecule has 0 bridgehead atoms. The molecule has 1 saturated heterocycles. The Morgan fingerprint density at radius 2 is 2.41 bits per heavy atom. The Morgan fingerprint density at radius 3 is 3.12 bits per heavy atom. The summed E-state index contributed by atoms with van der Waals surface area (Å²) in [6, 6.07) is 1.80. The van der Waals surface area contributed by atoms with E-state index in [1.165, 1.54) is 0 Å². The van der Waals surface area contributed by atoms with E-state index in [9.17, 15) is 4.79 Å². The second-order valence-electron chi connectivity index (χ2n) is 4.07. The van der Waals surface area contributed by atoms with Crippen LogP contribution in [-0.2, 0) is 4.79 Å². The topological polar surface area (TPSA) is 110 Å². The van der Waals surface area contributed by atoms with Crippen LogP contribution >= 0.6 is 0 Å². The zero-order valence-corrected chi connectivity index (χ0v) is 9.47. The van der Waals surface area contributed by atoms with Crippen LogP contribution in [0.2, 0.25) is 0 Å².